The molecule has 2 aromatic rings. The molecule has 0 radical (unpaired) electrons. The maximum Gasteiger partial charge on any atom is 0.219 e. The molecule has 9 heteroatoms. The van der Waals surface area contributed by atoms with Crippen molar-refractivity contribution >= 4 is 29.7 Å². The van der Waals surface area contributed by atoms with E-state index in [1.807, 2.05) is 6.92 Å². The fraction of sp³-hybridized carbons (Fsp3) is 0.375. The van der Waals surface area contributed by atoms with Gasteiger partial charge < -0.3 is 9.46 Å². The molecule has 1 aliphatic rings. The molecule has 1 N–H and O–H groups in total. The molecule has 0 unspecified atom stereocenters. The second-order valence-electron chi connectivity index (χ2n) is 5.28. The zero-order chi connectivity index (χ0) is 17.6. The number of hydrogen-bond donors (Lipinski definition) is 1. The van der Waals surface area contributed by atoms with Gasteiger partial charge in [0, 0.05) is 42.6 Å². The summed E-state index contributed by atoms with van der Waals surface area (Å²) in [6.07, 6.45) is 1.20. The van der Waals surface area contributed by atoms with E-state index < -0.39 is 11.6 Å². The zero-order valence-corrected chi connectivity index (χ0v) is 15.3. The number of nitrogens with zero attached hydrogens (tertiary/aromatic N) is 3. The Bertz CT molecular complexity index is 731. The average Bonchev–Trinajstić information content (AvgIpc) is 2.55. The van der Waals surface area contributed by atoms with E-state index in [0.29, 0.717) is 23.5 Å². The first-order valence-electron chi connectivity index (χ1n) is 7.91. The summed E-state index contributed by atoms with van der Waals surface area (Å²) < 4.78 is 37.9. The fourth-order valence-corrected chi connectivity index (χ4v) is 3.63. The highest BCUT2D eigenvalue weighted by Crippen LogP contribution is 2.27. The summed E-state index contributed by atoms with van der Waals surface area (Å²) >= 11 is 2.72. The van der Waals surface area contributed by atoms with E-state index in [2.05, 4.69) is 19.0 Å². The lowest BCUT2D eigenvalue weighted by molar-refractivity contribution is 0.323. The topological polar surface area (TPSA) is 50.3 Å². The third-order valence-corrected chi connectivity index (χ3v) is 5.28. The molecule has 0 atom stereocenters. The van der Waals surface area contributed by atoms with E-state index in [9.17, 15) is 8.78 Å². The van der Waals surface area contributed by atoms with Crippen molar-refractivity contribution in [2.24, 2.45) is 0 Å². The number of benzene rings is 1. The van der Waals surface area contributed by atoms with E-state index in [1.54, 1.807) is 12.1 Å². The smallest absolute Gasteiger partial charge is 0.219 e. The lowest BCUT2D eigenvalue weighted by Gasteiger charge is -2.28. The minimum Gasteiger partial charge on any atom is -0.478 e. The minimum atomic E-state index is -0.851. The third kappa shape index (κ3) is 4.96. The molecule has 25 heavy (non-hydrogen) atoms. The summed E-state index contributed by atoms with van der Waals surface area (Å²) in [6, 6.07) is 5.87. The second kappa shape index (κ2) is 8.68. The van der Waals surface area contributed by atoms with Crippen LogP contribution < -0.4 is 9.46 Å². The van der Waals surface area contributed by atoms with Crippen molar-refractivity contribution in [3.63, 3.8) is 0 Å². The molecular weight excluding hydrogens is 366 g/mol. The number of nitrogens with one attached hydrogen (secondary N) is 1. The van der Waals surface area contributed by atoms with Crippen molar-refractivity contribution in [2.45, 2.75) is 24.3 Å². The van der Waals surface area contributed by atoms with Gasteiger partial charge in [-0.15, -0.1) is 0 Å². The van der Waals surface area contributed by atoms with Gasteiger partial charge in [0.2, 0.25) is 5.88 Å². The first kappa shape index (κ1) is 18.2. The number of halogens is 2. The molecule has 0 aliphatic carbocycles. The predicted octanol–water partition coefficient (Wildman–Crippen LogP) is 4.13. The molecule has 5 nitrogen and oxygen atoms in total. The quantitative estimate of drug-likeness (QED) is 0.417. The maximum absolute atomic E-state index is 13.8. The number of ether oxygens (including phenoxy) is 1. The van der Waals surface area contributed by atoms with Gasteiger partial charge in [-0.1, -0.05) is 23.9 Å². The number of rotatable bonds is 8. The normalized spacial score (nSPS) is 14.2. The van der Waals surface area contributed by atoms with Gasteiger partial charge in [0.15, 0.2) is 16.8 Å². The summed E-state index contributed by atoms with van der Waals surface area (Å²) in [6.45, 7) is 4.44. The third-order valence-electron chi connectivity index (χ3n) is 3.46. The maximum atomic E-state index is 13.8. The molecule has 1 fully saturated rings. The highest BCUT2D eigenvalue weighted by Gasteiger charge is 2.15. The Balaban J connectivity index is 1.69. The Kier molecular flexibility index (Phi) is 6.33. The Labute approximate surface area is 153 Å². The van der Waals surface area contributed by atoms with Crippen LogP contribution in [0.15, 0.2) is 29.4 Å². The lowest BCUT2D eigenvalue weighted by Crippen LogP contribution is -2.31. The van der Waals surface area contributed by atoms with E-state index in [0.717, 1.165) is 19.2 Å². The highest BCUT2D eigenvalue weighted by molar-refractivity contribution is 7.98. The standard InChI is InChI=1S/C16H18F2N4OS2/c1-2-23-14-9-13(21-25-22-7-4-8-22)19-16(20-14)24-10-11-5-3-6-12(17)15(11)18/h3,5-6,9H,2,4,7-8,10H2,1H3,(H,19,20,21). The van der Waals surface area contributed by atoms with Crippen molar-refractivity contribution < 1.29 is 13.5 Å². The minimum absolute atomic E-state index is 0.234. The van der Waals surface area contributed by atoms with Crippen molar-refractivity contribution in [3.8, 4) is 5.88 Å². The van der Waals surface area contributed by atoms with Gasteiger partial charge in [0.05, 0.1) is 6.61 Å². The van der Waals surface area contributed by atoms with Gasteiger partial charge in [0.25, 0.3) is 0 Å². The van der Waals surface area contributed by atoms with Gasteiger partial charge in [0.1, 0.15) is 5.82 Å². The van der Waals surface area contributed by atoms with Crippen LogP contribution in [0, 0.1) is 11.6 Å². The van der Waals surface area contributed by atoms with Gasteiger partial charge in [-0.05, 0) is 19.4 Å². The number of thioether (sulfide) groups is 1. The zero-order valence-electron chi connectivity index (χ0n) is 13.7. The number of hydrogen-bond acceptors (Lipinski definition) is 7. The average molecular weight is 384 g/mol. The van der Waals surface area contributed by atoms with Crippen LogP contribution in [0.4, 0.5) is 14.6 Å². The molecule has 1 aromatic carbocycles. The molecular formula is C16H18F2N4OS2. The summed E-state index contributed by atoms with van der Waals surface area (Å²) in [7, 11) is 0. The Morgan fingerprint density at radius 2 is 2.12 bits per heavy atom. The van der Waals surface area contributed by atoms with Gasteiger partial charge in [-0.25, -0.2) is 18.1 Å². The van der Waals surface area contributed by atoms with Crippen LogP contribution in [0.5, 0.6) is 5.88 Å². The SMILES string of the molecule is CCOc1cc(NSN2CCC2)nc(SCc2cccc(F)c2F)n1. The molecule has 0 saturated carbocycles. The monoisotopic (exact) mass is 384 g/mol. The van der Waals surface area contributed by atoms with Crippen LogP contribution in [0.25, 0.3) is 0 Å². The van der Waals surface area contributed by atoms with Crippen molar-refractivity contribution in [1.82, 2.24) is 14.3 Å². The van der Waals surface area contributed by atoms with Crippen LogP contribution >= 0.6 is 23.9 Å². The Hall–Kier alpha value is -1.58. The molecule has 0 amide bonds. The lowest BCUT2D eigenvalue weighted by atomic mass is 10.2. The number of anilines is 1. The summed E-state index contributed by atoms with van der Waals surface area (Å²) in [5.74, 6) is -0.375. The van der Waals surface area contributed by atoms with Crippen molar-refractivity contribution in [1.29, 1.82) is 0 Å². The molecule has 1 saturated heterocycles. The van der Waals surface area contributed by atoms with Crippen LogP contribution in [0.1, 0.15) is 18.9 Å². The highest BCUT2D eigenvalue weighted by atomic mass is 32.2. The van der Waals surface area contributed by atoms with Crippen LogP contribution in [0.3, 0.4) is 0 Å². The largest absolute Gasteiger partial charge is 0.478 e. The van der Waals surface area contributed by atoms with E-state index in [4.69, 9.17) is 4.74 Å². The molecule has 1 aromatic heterocycles. The summed E-state index contributed by atoms with van der Waals surface area (Å²) in [5.41, 5.74) is 0.278. The van der Waals surface area contributed by atoms with E-state index >= 15 is 0 Å². The number of aromatic nitrogens is 2. The van der Waals surface area contributed by atoms with Gasteiger partial charge >= 0.3 is 0 Å². The molecule has 1 aliphatic heterocycles. The van der Waals surface area contributed by atoms with Gasteiger partial charge in [-0.2, -0.15) is 4.98 Å². The Morgan fingerprint density at radius 3 is 2.84 bits per heavy atom. The van der Waals surface area contributed by atoms with E-state index in [-0.39, 0.29) is 11.3 Å². The predicted molar refractivity (Wildman–Crippen MR) is 96.5 cm³/mol. The molecule has 3 rings (SSSR count). The summed E-state index contributed by atoms with van der Waals surface area (Å²) in [4.78, 5) is 8.71. The van der Waals surface area contributed by atoms with E-state index in [1.165, 1.54) is 36.4 Å². The van der Waals surface area contributed by atoms with Crippen molar-refractivity contribution in [2.75, 3.05) is 24.4 Å². The first-order valence-corrected chi connectivity index (χ1v) is 9.67. The fourth-order valence-electron chi connectivity index (χ4n) is 2.03. The molecule has 134 valence electrons. The first-order chi connectivity index (χ1) is 12.2. The van der Waals surface area contributed by atoms with Crippen molar-refractivity contribution in [3.05, 3.63) is 41.5 Å². The van der Waals surface area contributed by atoms with Crippen LogP contribution in [-0.4, -0.2) is 34.0 Å². The van der Waals surface area contributed by atoms with Gasteiger partial charge in [-0.3, -0.25) is 0 Å². The Morgan fingerprint density at radius 1 is 1.28 bits per heavy atom. The molecule has 0 bridgehead atoms. The summed E-state index contributed by atoms with van der Waals surface area (Å²) in [5, 5.41) is 0.446. The molecule has 2 heterocycles. The second-order valence-corrected chi connectivity index (χ2v) is 7.13. The van der Waals surface area contributed by atoms with Crippen LogP contribution in [-0.2, 0) is 5.75 Å². The van der Waals surface area contributed by atoms with Crippen LogP contribution in [0.2, 0.25) is 0 Å². The molecule has 0 spiro atoms.